The van der Waals surface area contributed by atoms with Gasteiger partial charge in [-0.15, -0.1) is 0 Å². The monoisotopic (exact) mass is 943 g/mol. The van der Waals surface area contributed by atoms with E-state index in [4.69, 9.17) is 9.98 Å². The van der Waals surface area contributed by atoms with Crippen LogP contribution >= 0.6 is 0 Å². The molecule has 0 amide bonds. The summed E-state index contributed by atoms with van der Waals surface area (Å²) in [6.07, 6.45) is 57.5. The Hall–Kier alpha value is -1.82. The Bertz CT molecular complexity index is 1330. The topological polar surface area (TPSA) is 24.7 Å². The molecule has 0 saturated heterocycles. The molecule has 0 atom stereocenters. The zero-order valence-electron chi connectivity index (χ0n) is 41.8. The summed E-state index contributed by atoms with van der Waals surface area (Å²) in [5, 5.41) is 0. The maximum absolute atomic E-state index is 5.32. The first kappa shape index (κ1) is 58.2. The molecule has 356 valence electrons. The molecule has 0 N–H and O–H groups in total. The number of benzene rings is 2. The van der Waals surface area contributed by atoms with Crippen LogP contribution in [0.2, 0.25) is 0 Å². The van der Waals surface area contributed by atoms with Crippen LogP contribution in [0, 0.1) is 0 Å². The Balaban J connectivity index is 0.0000192. The molecule has 0 fully saturated rings. The van der Waals surface area contributed by atoms with Crippen LogP contribution in [0.5, 0.6) is 0 Å². The molecule has 2 aromatic rings. The molecule has 0 heterocycles. The van der Waals surface area contributed by atoms with Gasteiger partial charge in [0, 0.05) is 20.4 Å². The fourth-order valence-corrected chi connectivity index (χ4v) is 8.82. The van der Waals surface area contributed by atoms with E-state index < -0.39 is 0 Å². The SMILES string of the molecule is CCCCCCCCCCCCCCCCCCCCCCC/C=C/C(/C=N/c1cc(CCCCC)cc(CCCCC)c1)=N\c1cc(CCCCC)cc(CCCCC)c1.[Pd]. The Kier molecular flexibility index (Phi) is 40.5. The molecular weight excluding hydrogens is 843 g/mol. The number of hydrogen-bond donors (Lipinski definition) is 0. The molecule has 62 heavy (non-hydrogen) atoms. The van der Waals surface area contributed by atoms with E-state index in [1.807, 2.05) is 0 Å². The third-order valence-electron chi connectivity index (χ3n) is 12.7. The van der Waals surface area contributed by atoms with Crippen LogP contribution < -0.4 is 0 Å². The van der Waals surface area contributed by atoms with E-state index in [-0.39, 0.29) is 20.4 Å². The number of unbranched alkanes of at least 4 members (excludes halogenated alkanes) is 29. The fraction of sp³-hybridized carbons (Fsp3) is 0.729. The Morgan fingerprint density at radius 1 is 0.355 bits per heavy atom. The second kappa shape index (κ2) is 43.1. The second-order valence-electron chi connectivity index (χ2n) is 18.9. The van der Waals surface area contributed by atoms with Crippen LogP contribution in [0.4, 0.5) is 11.4 Å². The van der Waals surface area contributed by atoms with Gasteiger partial charge >= 0.3 is 0 Å². The molecule has 0 aromatic heterocycles. The second-order valence-corrected chi connectivity index (χ2v) is 18.9. The van der Waals surface area contributed by atoms with Crippen LogP contribution in [-0.2, 0) is 46.1 Å². The van der Waals surface area contributed by atoms with Gasteiger partial charge < -0.3 is 0 Å². The average molecular weight is 944 g/mol. The van der Waals surface area contributed by atoms with Crippen LogP contribution in [0.25, 0.3) is 0 Å². The van der Waals surface area contributed by atoms with E-state index in [1.54, 1.807) is 0 Å². The summed E-state index contributed by atoms with van der Waals surface area (Å²) < 4.78 is 0. The van der Waals surface area contributed by atoms with Crippen molar-refractivity contribution in [2.75, 3.05) is 0 Å². The first-order valence-corrected chi connectivity index (χ1v) is 27.2. The minimum absolute atomic E-state index is 0. The van der Waals surface area contributed by atoms with Gasteiger partial charge in [0.05, 0.1) is 23.3 Å². The van der Waals surface area contributed by atoms with Gasteiger partial charge in [-0.1, -0.05) is 233 Å². The molecule has 0 aliphatic carbocycles. The van der Waals surface area contributed by atoms with E-state index in [9.17, 15) is 0 Å². The molecule has 2 aromatic carbocycles. The molecule has 0 radical (unpaired) electrons. The summed E-state index contributed by atoms with van der Waals surface area (Å²) in [7, 11) is 0. The van der Waals surface area contributed by atoms with Crippen molar-refractivity contribution >= 4 is 23.3 Å². The minimum atomic E-state index is 0. The van der Waals surface area contributed by atoms with Crippen molar-refractivity contribution in [3.8, 4) is 0 Å². The predicted molar refractivity (Wildman–Crippen MR) is 277 cm³/mol. The van der Waals surface area contributed by atoms with Gasteiger partial charge in [-0.25, -0.2) is 4.99 Å². The molecule has 0 saturated carbocycles. The Labute approximate surface area is 401 Å². The predicted octanol–water partition coefficient (Wildman–Crippen LogP) is 20.2. The molecule has 0 bridgehead atoms. The van der Waals surface area contributed by atoms with Crippen molar-refractivity contribution in [3.63, 3.8) is 0 Å². The summed E-state index contributed by atoms with van der Waals surface area (Å²) in [5.41, 5.74) is 8.91. The maximum Gasteiger partial charge on any atom is 0.0816 e. The molecule has 2 nitrogen and oxygen atoms in total. The number of hydrogen-bond acceptors (Lipinski definition) is 2. The molecule has 0 aliphatic rings. The van der Waals surface area contributed by atoms with Crippen molar-refractivity contribution < 1.29 is 20.4 Å². The van der Waals surface area contributed by atoms with Crippen LogP contribution in [0.3, 0.4) is 0 Å². The van der Waals surface area contributed by atoms with Crippen LogP contribution in [0.1, 0.15) is 275 Å². The number of nitrogens with zero attached hydrogens (tertiary/aromatic N) is 2. The average Bonchev–Trinajstić information content (AvgIpc) is 3.26. The van der Waals surface area contributed by atoms with Crippen LogP contribution in [-0.4, -0.2) is 11.9 Å². The van der Waals surface area contributed by atoms with E-state index in [0.717, 1.165) is 49.2 Å². The van der Waals surface area contributed by atoms with Crippen molar-refractivity contribution in [2.24, 2.45) is 9.98 Å². The molecule has 2 rings (SSSR count). The largest absolute Gasteiger partial charge is 0.255 e. The first-order valence-electron chi connectivity index (χ1n) is 27.2. The van der Waals surface area contributed by atoms with Gasteiger partial charge in [-0.05, 0) is 117 Å². The van der Waals surface area contributed by atoms with Gasteiger partial charge in [-0.3, -0.25) is 4.99 Å². The molecule has 0 spiro atoms. The van der Waals surface area contributed by atoms with Gasteiger partial charge in [0.2, 0.25) is 0 Å². The summed E-state index contributed by atoms with van der Waals surface area (Å²) in [6, 6.07) is 14.3. The normalized spacial score (nSPS) is 12.0. The fourth-order valence-electron chi connectivity index (χ4n) is 8.82. The number of aryl methyl sites for hydroxylation is 4. The smallest absolute Gasteiger partial charge is 0.0816 e. The number of aliphatic imine (C=N–C) groups is 2. The van der Waals surface area contributed by atoms with Crippen molar-refractivity contribution in [1.29, 1.82) is 0 Å². The molecule has 0 aliphatic heterocycles. The minimum Gasteiger partial charge on any atom is -0.255 e. The third kappa shape index (κ3) is 32.8. The zero-order valence-corrected chi connectivity index (χ0v) is 43.3. The van der Waals surface area contributed by atoms with Gasteiger partial charge in [0.1, 0.15) is 0 Å². The summed E-state index contributed by atoms with van der Waals surface area (Å²) in [5.74, 6) is 0. The van der Waals surface area contributed by atoms with Gasteiger partial charge in [0.25, 0.3) is 0 Å². The first-order chi connectivity index (χ1) is 30.1. The number of rotatable bonds is 42. The van der Waals surface area contributed by atoms with Gasteiger partial charge in [-0.2, -0.15) is 0 Å². The standard InChI is InChI=1S/C59H100N2.Pd/c1-6-11-16-17-18-19-20-21-22-23-24-25-26-27-28-29-30-31-32-33-34-35-40-45-57(61-59-50-55(43-38-14-9-4)47-56(51-59)44-39-15-10-5)52-60-58-48-53(41-36-12-7-2)46-54(49-58)42-37-13-8-3;/h40,45-52H,6-39,41-44H2,1-5H3;/b45-40+,60-52+,61-57+;. The molecular formula is C59H100N2Pd. The van der Waals surface area contributed by atoms with E-state index in [0.29, 0.717) is 0 Å². The van der Waals surface area contributed by atoms with Crippen molar-refractivity contribution in [1.82, 2.24) is 0 Å². The Morgan fingerprint density at radius 2 is 0.645 bits per heavy atom. The quantitative estimate of drug-likeness (QED) is 0.0360. The zero-order chi connectivity index (χ0) is 43.7. The molecule has 0 unspecified atom stereocenters. The van der Waals surface area contributed by atoms with Crippen molar-refractivity contribution in [2.45, 2.75) is 279 Å². The van der Waals surface area contributed by atoms with Crippen LogP contribution in [0.15, 0.2) is 58.5 Å². The third-order valence-corrected chi connectivity index (χ3v) is 12.7. The van der Waals surface area contributed by atoms with E-state index in [1.165, 1.54) is 234 Å². The molecule has 3 heteroatoms. The summed E-state index contributed by atoms with van der Waals surface area (Å²) >= 11 is 0. The van der Waals surface area contributed by atoms with Gasteiger partial charge in [0.15, 0.2) is 0 Å². The summed E-state index contributed by atoms with van der Waals surface area (Å²) in [6.45, 7) is 11.5. The summed E-state index contributed by atoms with van der Waals surface area (Å²) in [4.78, 5) is 10.5. The Morgan fingerprint density at radius 3 is 0.984 bits per heavy atom. The van der Waals surface area contributed by atoms with Crippen molar-refractivity contribution in [3.05, 3.63) is 70.8 Å². The maximum atomic E-state index is 5.32. The number of allylic oxidation sites excluding steroid dienone is 2. The van der Waals surface area contributed by atoms with E-state index >= 15 is 0 Å². The van der Waals surface area contributed by atoms with E-state index in [2.05, 4.69) is 89.4 Å².